The van der Waals surface area contributed by atoms with Crippen molar-refractivity contribution in [2.45, 2.75) is 25.3 Å². The van der Waals surface area contributed by atoms with Gasteiger partial charge in [0.2, 0.25) is 0 Å². The standard InChI is InChI=1S/C24H25ClN2O5S/c1-15-5-8-19(11-16(15)2)27-33(29,30)23-13-18(7-9-20(23)25)24(28)26-14-17-6-10-21(31-3)22(12-17)32-4/h5-13,27H,14H2,1-4H3,(H,26,28). The molecule has 0 heterocycles. The number of anilines is 1. The fourth-order valence-corrected chi connectivity index (χ4v) is 4.72. The van der Waals surface area contributed by atoms with Gasteiger partial charge in [-0.3, -0.25) is 9.52 Å². The van der Waals surface area contributed by atoms with E-state index in [1.165, 1.54) is 25.3 Å². The minimum absolute atomic E-state index is 0.0165. The third kappa shape index (κ3) is 5.77. The highest BCUT2D eigenvalue weighted by Crippen LogP contribution is 2.28. The predicted octanol–water partition coefficient (Wildman–Crippen LogP) is 4.70. The predicted molar refractivity (Wildman–Crippen MR) is 129 cm³/mol. The monoisotopic (exact) mass is 488 g/mol. The molecule has 0 aliphatic rings. The summed E-state index contributed by atoms with van der Waals surface area (Å²) in [5, 5.41) is 2.79. The van der Waals surface area contributed by atoms with Crippen LogP contribution in [0.3, 0.4) is 0 Å². The van der Waals surface area contributed by atoms with Crippen molar-refractivity contribution in [3.05, 3.63) is 81.9 Å². The summed E-state index contributed by atoms with van der Waals surface area (Å²) in [7, 11) is -0.934. The number of nitrogens with one attached hydrogen (secondary N) is 2. The van der Waals surface area contributed by atoms with Gasteiger partial charge in [-0.15, -0.1) is 0 Å². The highest BCUT2D eigenvalue weighted by molar-refractivity contribution is 7.92. The van der Waals surface area contributed by atoms with Crippen molar-refractivity contribution in [3.63, 3.8) is 0 Å². The van der Waals surface area contributed by atoms with Crippen LogP contribution in [0.15, 0.2) is 59.5 Å². The van der Waals surface area contributed by atoms with E-state index in [-0.39, 0.29) is 22.0 Å². The number of aryl methyl sites for hydroxylation is 2. The van der Waals surface area contributed by atoms with Crippen molar-refractivity contribution in [1.29, 1.82) is 0 Å². The normalized spacial score (nSPS) is 11.1. The van der Waals surface area contributed by atoms with E-state index < -0.39 is 15.9 Å². The molecule has 0 saturated heterocycles. The molecule has 1 amide bonds. The summed E-state index contributed by atoms with van der Waals surface area (Å²) in [5.74, 6) is 0.682. The summed E-state index contributed by atoms with van der Waals surface area (Å²) >= 11 is 6.17. The molecule has 174 valence electrons. The number of methoxy groups -OCH3 is 2. The second-order valence-corrected chi connectivity index (χ2v) is 9.48. The van der Waals surface area contributed by atoms with E-state index in [2.05, 4.69) is 10.0 Å². The fraction of sp³-hybridized carbons (Fsp3) is 0.208. The Balaban J connectivity index is 1.78. The lowest BCUT2D eigenvalue weighted by atomic mass is 10.1. The number of halogens is 1. The highest BCUT2D eigenvalue weighted by atomic mass is 35.5. The first-order valence-electron chi connectivity index (χ1n) is 10.0. The van der Waals surface area contributed by atoms with Crippen molar-refractivity contribution in [2.24, 2.45) is 0 Å². The Morgan fingerprint density at radius 2 is 1.64 bits per heavy atom. The number of hydrogen-bond donors (Lipinski definition) is 2. The number of hydrogen-bond acceptors (Lipinski definition) is 5. The molecule has 0 aliphatic heterocycles. The average Bonchev–Trinajstić information content (AvgIpc) is 2.79. The van der Waals surface area contributed by atoms with Crippen molar-refractivity contribution in [3.8, 4) is 11.5 Å². The maximum atomic E-state index is 13.0. The van der Waals surface area contributed by atoms with Gasteiger partial charge in [0, 0.05) is 17.8 Å². The molecular weight excluding hydrogens is 464 g/mol. The number of amides is 1. The van der Waals surface area contributed by atoms with Crippen molar-refractivity contribution < 1.29 is 22.7 Å². The first-order chi connectivity index (χ1) is 15.6. The Hall–Kier alpha value is -3.23. The zero-order valence-electron chi connectivity index (χ0n) is 18.7. The molecule has 3 aromatic carbocycles. The van der Waals surface area contributed by atoms with Gasteiger partial charge in [-0.05, 0) is 73.0 Å². The van der Waals surface area contributed by atoms with Gasteiger partial charge < -0.3 is 14.8 Å². The first-order valence-corrected chi connectivity index (χ1v) is 11.9. The van der Waals surface area contributed by atoms with Crippen molar-refractivity contribution in [2.75, 3.05) is 18.9 Å². The molecule has 0 aliphatic carbocycles. The van der Waals surface area contributed by atoms with Crippen LogP contribution in [0.5, 0.6) is 11.5 Å². The fourth-order valence-electron chi connectivity index (χ4n) is 3.14. The first kappa shape index (κ1) is 24.4. The van der Waals surface area contributed by atoms with Crippen LogP contribution >= 0.6 is 11.6 Å². The number of benzene rings is 3. The zero-order chi connectivity index (χ0) is 24.2. The maximum Gasteiger partial charge on any atom is 0.263 e. The number of ether oxygens (including phenoxy) is 2. The molecule has 9 heteroatoms. The van der Waals surface area contributed by atoms with Gasteiger partial charge in [0.15, 0.2) is 11.5 Å². The van der Waals surface area contributed by atoms with E-state index in [9.17, 15) is 13.2 Å². The molecule has 0 spiro atoms. The van der Waals surface area contributed by atoms with Crippen molar-refractivity contribution >= 4 is 33.2 Å². The summed E-state index contributed by atoms with van der Waals surface area (Å²) in [6.45, 7) is 4.04. The van der Waals surface area contributed by atoms with Crippen LogP contribution in [-0.2, 0) is 16.6 Å². The molecule has 3 rings (SSSR count). The van der Waals surface area contributed by atoms with Crippen LogP contribution in [0.2, 0.25) is 5.02 Å². The number of rotatable bonds is 8. The Morgan fingerprint density at radius 3 is 2.30 bits per heavy atom. The molecule has 33 heavy (non-hydrogen) atoms. The Bertz CT molecular complexity index is 1290. The Morgan fingerprint density at radius 1 is 0.909 bits per heavy atom. The van der Waals surface area contributed by atoms with Crippen LogP contribution in [0, 0.1) is 13.8 Å². The largest absolute Gasteiger partial charge is 0.493 e. The molecule has 0 unspecified atom stereocenters. The van der Waals surface area contributed by atoms with Gasteiger partial charge in [-0.2, -0.15) is 0 Å². The average molecular weight is 489 g/mol. The minimum Gasteiger partial charge on any atom is -0.493 e. The Labute approximate surface area is 198 Å². The van der Waals surface area contributed by atoms with Crippen LogP contribution in [0.4, 0.5) is 5.69 Å². The smallest absolute Gasteiger partial charge is 0.263 e. The molecule has 0 aromatic heterocycles. The lowest BCUT2D eigenvalue weighted by Crippen LogP contribution is -2.23. The third-order valence-corrected chi connectivity index (χ3v) is 7.01. The van der Waals surface area contributed by atoms with Crippen LogP contribution in [0.25, 0.3) is 0 Å². The van der Waals surface area contributed by atoms with E-state index >= 15 is 0 Å². The molecule has 3 aromatic rings. The molecule has 0 radical (unpaired) electrons. The number of sulfonamides is 1. The van der Waals surface area contributed by atoms with Crippen LogP contribution in [0.1, 0.15) is 27.0 Å². The molecule has 0 fully saturated rings. The molecular formula is C24H25ClN2O5S. The molecule has 2 N–H and O–H groups in total. The van der Waals surface area contributed by atoms with Gasteiger partial charge in [-0.25, -0.2) is 8.42 Å². The second kappa shape index (κ2) is 10.1. The molecule has 0 atom stereocenters. The number of carbonyl (C=O) groups excluding carboxylic acids is 1. The SMILES string of the molecule is COc1ccc(CNC(=O)c2ccc(Cl)c(S(=O)(=O)Nc3ccc(C)c(C)c3)c2)cc1OC. The van der Waals surface area contributed by atoms with Gasteiger partial charge in [-0.1, -0.05) is 23.7 Å². The molecule has 7 nitrogen and oxygen atoms in total. The van der Waals surface area contributed by atoms with Gasteiger partial charge in [0.1, 0.15) is 4.90 Å². The van der Waals surface area contributed by atoms with E-state index in [0.29, 0.717) is 17.2 Å². The summed E-state index contributed by atoms with van der Waals surface area (Å²) < 4.78 is 38.9. The van der Waals surface area contributed by atoms with Gasteiger partial charge >= 0.3 is 0 Å². The van der Waals surface area contributed by atoms with E-state index in [1.807, 2.05) is 19.9 Å². The summed E-state index contributed by atoms with van der Waals surface area (Å²) in [6, 6.07) is 14.7. The molecule has 0 saturated carbocycles. The van der Waals surface area contributed by atoms with Crippen LogP contribution in [-0.4, -0.2) is 28.5 Å². The summed E-state index contributed by atoms with van der Waals surface area (Å²) in [6.07, 6.45) is 0. The third-order valence-electron chi connectivity index (χ3n) is 5.14. The lowest BCUT2D eigenvalue weighted by Gasteiger charge is -2.13. The minimum atomic E-state index is -4.01. The summed E-state index contributed by atoms with van der Waals surface area (Å²) in [5.41, 5.74) is 3.37. The summed E-state index contributed by atoms with van der Waals surface area (Å²) in [4.78, 5) is 12.5. The number of carbonyl (C=O) groups is 1. The maximum absolute atomic E-state index is 13.0. The van der Waals surface area contributed by atoms with Gasteiger partial charge in [0.25, 0.3) is 15.9 Å². The second-order valence-electron chi connectivity index (χ2n) is 7.42. The zero-order valence-corrected chi connectivity index (χ0v) is 20.3. The van der Waals surface area contributed by atoms with Crippen molar-refractivity contribution in [1.82, 2.24) is 5.32 Å². The molecule has 0 bridgehead atoms. The Kier molecular flexibility index (Phi) is 7.50. The van der Waals surface area contributed by atoms with Gasteiger partial charge in [0.05, 0.1) is 19.2 Å². The quantitative estimate of drug-likeness (QED) is 0.479. The lowest BCUT2D eigenvalue weighted by molar-refractivity contribution is 0.0950. The highest BCUT2D eigenvalue weighted by Gasteiger charge is 2.21. The van der Waals surface area contributed by atoms with Crippen LogP contribution < -0.4 is 19.5 Å². The van der Waals surface area contributed by atoms with E-state index in [0.717, 1.165) is 16.7 Å². The topological polar surface area (TPSA) is 93.7 Å². The van der Waals surface area contributed by atoms with E-state index in [1.54, 1.807) is 37.4 Å². The van der Waals surface area contributed by atoms with E-state index in [4.69, 9.17) is 21.1 Å².